The summed E-state index contributed by atoms with van der Waals surface area (Å²) < 4.78 is 16.0. The second-order valence-electron chi connectivity index (χ2n) is 5.85. The molecule has 4 rings (SSSR count). The number of alkyl halides is 1. The Bertz CT molecular complexity index is 621. The summed E-state index contributed by atoms with van der Waals surface area (Å²) in [5.41, 5.74) is 2.31. The van der Waals surface area contributed by atoms with E-state index in [1.807, 2.05) is 30.3 Å². The van der Waals surface area contributed by atoms with Crippen LogP contribution in [0.2, 0.25) is 0 Å². The quantitative estimate of drug-likeness (QED) is 0.930. The Morgan fingerprint density at radius 3 is 2.70 bits per heavy atom. The van der Waals surface area contributed by atoms with Crippen LogP contribution in [0.5, 0.6) is 0 Å². The lowest BCUT2D eigenvalue weighted by Gasteiger charge is -2.13. The second kappa shape index (κ2) is 4.42. The molecule has 0 spiro atoms. The van der Waals surface area contributed by atoms with Gasteiger partial charge in [-0.05, 0) is 30.4 Å². The summed E-state index contributed by atoms with van der Waals surface area (Å²) in [5, 5.41) is 14.6. The van der Waals surface area contributed by atoms with Crippen molar-refractivity contribution < 1.29 is 9.50 Å². The minimum absolute atomic E-state index is 0.0543. The van der Waals surface area contributed by atoms with Crippen molar-refractivity contribution in [2.75, 3.05) is 0 Å². The number of benzene rings is 1. The molecule has 3 nitrogen and oxygen atoms in total. The maximum atomic E-state index is 14.2. The number of nitrogens with zero attached hydrogens (tertiary/aromatic N) is 2. The smallest absolute Gasteiger partial charge is 0.144 e. The van der Waals surface area contributed by atoms with Crippen molar-refractivity contribution in [2.24, 2.45) is 5.92 Å². The largest absolute Gasteiger partial charge is 0.386 e. The SMILES string of the molecule is O[C@@H](c1cc2n(n1)C(c1ccccc1)CC2F)C1CC1. The van der Waals surface area contributed by atoms with Crippen LogP contribution in [0.3, 0.4) is 0 Å². The van der Waals surface area contributed by atoms with Crippen LogP contribution in [0.25, 0.3) is 0 Å². The van der Waals surface area contributed by atoms with Crippen LogP contribution in [0.1, 0.15) is 54.5 Å². The molecule has 1 aliphatic heterocycles. The second-order valence-corrected chi connectivity index (χ2v) is 5.85. The number of aliphatic hydroxyl groups excluding tert-OH is 1. The van der Waals surface area contributed by atoms with E-state index in [9.17, 15) is 9.50 Å². The topological polar surface area (TPSA) is 38.0 Å². The minimum atomic E-state index is -0.993. The highest BCUT2D eigenvalue weighted by Gasteiger charge is 2.37. The molecule has 0 bridgehead atoms. The third kappa shape index (κ3) is 1.86. The van der Waals surface area contributed by atoms with Crippen molar-refractivity contribution in [2.45, 2.75) is 37.6 Å². The molecule has 3 atom stereocenters. The minimum Gasteiger partial charge on any atom is -0.386 e. The van der Waals surface area contributed by atoms with Crippen molar-refractivity contribution in [3.8, 4) is 0 Å². The molecule has 2 unspecified atom stereocenters. The van der Waals surface area contributed by atoms with Crippen LogP contribution in [0.4, 0.5) is 4.39 Å². The average molecular weight is 272 g/mol. The first-order valence-corrected chi connectivity index (χ1v) is 7.20. The van der Waals surface area contributed by atoms with Gasteiger partial charge in [0.25, 0.3) is 0 Å². The number of halogens is 1. The fraction of sp³-hybridized carbons (Fsp3) is 0.438. The van der Waals surface area contributed by atoms with Crippen LogP contribution < -0.4 is 0 Å². The number of rotatable bonds is 3. The zero-order chi connectivity index (χ0) is 13.7. The molecule has 0 radical (unpaired) electrons. The molecule has 1 aromatic carbocycles. The number of hydrogen-bond acceptors (Lipinski definition) is 2. The van der Waals surface area contributed by atoms with Crippen molar-refractivity contribution in [1.29, 1.82) is 0 Å². The zero-order valence-corrected chi connectivity index (χ0v) is 11.1. The molecule has 2 heterocycles. The summed E-state index contributed by atoms with van der Waals surface area (Å²) in [4.78, 5) is 0. The molecule has 4 heteroatoms. The maximum Gasteiger partial charge on any atom is 0.144 e. The third-order valence-electron chi connectivity index (χ3n) is 4.39. The van der Waals surface area contributed by atoms with E-state index in [1.165, 1.54) is 0 Å². The summed E-state index contributed by atoms with van der Waals surface area (Å²) >= 11 is 0. The summed E-state index contributed by atoms with van der Waals surface area (Å²) in [7, 11) is 0. The highest BCUT2D eigenvalue weighted by atomic mass is 19.1. The first kappa shape index (κ1) is 12.1. The van der Waals surface area contributed by atoms with Gasteiger partial charge in [0.05, 0.1) is 17.4 Å². The van der Waals surface area contributed by atoms with Gasteiger partial charge in [-0.15, -0.1) is 0 Å². The fourth-order valence-electron chi connectivity index (χ4n) is 3.08. The van der Waals surface area contributed by atoms with Gasteiger partial charge in [-0.2, -0.15) is 5.10 Å². The molecule has 2 aliphatic rings. The van der Waals surface area contributed by atoms with E-state index in [2.05, 4.69) is 5.10 Å². The Hall–Kier alpha value is -1.68. The van der Waals surface area contributed by atoms with Crippen LogP contribution in [-0.4, -0.2) is 14.9 Å². The standard InChI is InChI=1S/C16H17FN2O/c17-12-8-14(10-4-2-1-3-5-10)19-15(12)9-13(18-19)16(20)11-6-7-11/h1-5,9,11-12,14,16,20H,6-8H2/t12?,14?,16-/m1/s1. The van der Waals surface area contributed by atoms with E-state index in [4.69, 9.17) is 0 Å². The van der Waals surface area contributed by atoms with E-state index in [0.29, 0.717) is 23.7 Å². The van der Waals surface area contributed by atoms with Gasteiger partial charge in [-0.1, -0.05) is 30.3 Å². The summed E-state index contributed by atoms with van der Waals surface area (Å²) in [6.07, 6.45) is 1.01. The molecule has 1 fully saturated rings. The molecule has 1 aromatic heterocycles. The Morgan fingerprint density at radius 2 is 2.00 bits per heavy atom. The Morgan fingerprint density at radius 1 is 1.25 bits per heavy atom. The Balaban J connectivity index is 1.71. The molecular formula is C16H17FN2O. The van der Waals surface area contributed by atoms with E-state index in [1.54, 1.807) is 10.7 Å². The van der Waals surface area contributed by atoms with Crippen molar-refractivity contribution in [3.05, 3.63) is 53.3 Å². The van der Waals surface area contributed by atoms with Crippen LogP contribution in [-0.2, 0) is 0 Å². The summed E-state index contributed by atoms with van der Waals surface area (Å²) in [6, 6.07) is 11.6. The van der Waals surface area contributed by atoms with Crippen molar-refractivity contribution >= 4 is 0 Å². The van der Waals surface area contributed by atoms with Gasteiger partial charge < -0.3 is 5.11 Å². The predicted molar refractivity (Wildman–Crippen MR) is 73.0 cm³/mol. The molecule has 1 N–H and O–H groups in total. The van der Waals surface area contributed by atoms with E-state index < -0.39 is 12.3 Å². The highest BCUT2D eigenvalue weighted by molar-refractivity contribution is 5.28. The predicted octanol–water partition coefficient (Wildman–Crippen LogP) is 3.33. The molecule has 0 saturated heterocycles. The molecule has 1 aliphatic carbocycles. The van der Waals surface area contributed by atoms with E-state index in [0.717, 1.165) is 18.4 Å². The Labute approximate surface area is 117 Å². The van der Waals surface area contributed by atoms with Crippen molar-refractivity contribution in [1.82, 2.24) is 9.78 Å². The number of aromatic nitrogens is 2. The maximum absolute atomic E-state index is 14.2. The van der Waals surface area contributed by atoms with E-state index >= 15 is 0 Å². The van der Waals surface area contributed by atoms with Gasteiger partial charge in [-0.3, -0.25) is 4.68 Å². The zero-order valence-electron chi connectivity index (χ0n) is 11.1. The average Bonchev–Trinajstić information content (AvgIpc) is 3.15. The molecule has 2 aromatic rings. The number of hydrogen-bond donors (Lipinski definition) is 1. The van der Waals surface area contributed by atoms with Crippen LogP contribution >= 0.6 is 0 Å². The lowest BCUT2D eigenvalue weighted by molar-refractivity contribution is 0.147. The van der Waals surface area contributed by atoms with Crippen LogP contribution in [0.15, 0.2) is 36.4 Å². The molecule has 0 amide bonds. The monoisotopic (exact) mass is 272 g/mol. The van der Waals surface area contributed by atoms with Crippen LogP contribution in [0, 0.1) is 5.92 Å². The van der Waals surface area contributed by atoms with Gasteiger partial charge in [0, 0.05) is 6.42 Å². The lowest BCUT2D eigenvalue weighted by atomic mass is 10.0. The highest BCUT2D eigenvalue weighted by Crippen LogP contribution is 2.44. The van der Waals surface area contributed by atoms with Gasteiger partial charge in [0.15, 0.2) is 0 Å². The summed E-state index contributed by atoms with van der Waals surface area (Å²) in [5.74, 6) is 0.318. The van der Waals surface area contributed by atoms with Gasteiger partial charge in [0.2, 0.25) is 0 Å². The van der Waals surface area contributed by atoms with Crippen molar-refractivity contribution in [3.63, 3.8) is 0 Å². The Kier molecular flexibility index (Phi) is 2.67. The third-order valence-corrected chi connectivity index (χ3v) is 4.39. The number of fused-ring (bicyclic) bond motifs is 1. The first-order chi connectivity index (χ1) is 9.74. The lowest BCUT2D eigenvalue weighted by Crippen LogP contribution is -2.09. The molecule has 1 saturated carbocycles. The molecular weight excluding hydrogens is 255 g/mol. The fourth-order valence-corrected chi connectivity index (χ4v) is 3.08. The van der Waals surface area contributed by atoms with Gasteiger partial charge in [-0.25, -0.2) is 4.39 Å². The van der Waals surface area contributed by atoms with E-state index in [-0.39, 0.29) is 6.04 Å². The molecule has 20 heavy (non-hydrogen) atoms. The number of aliphatic hydroxyl groups is 1. The summed E-state index contributed by atoms with van der Waals surface area (Å²) in [6.45, 7) is 0. The van der Waals surface area contributed by atoms with Gasteiger partial charge in [0.1, 0.15) is 12.3 Å². The normalized spacial score (nSPS) is 26.5. The first-order valence-electron chi connectivity index (χ1n) is 7.20. The molecule has 104 valence electrons. The van der Waals surface area contributed by atoms with Gasteiger partial charge >= 0.3 is 0 Å².